The number of aromatic nitrogens is 2. The highest BCUT2D eigenvalue weighted by atomic mass is 32.2. The average Bonchev–Trinajstić information content (AvgIpc) is 2.91. The predicted octanol–water partition coefficient (Wildman–Crippen LogP) is 2.85. The summed E-state index contributed by atoms with van der Waals surface area (Å²) < 4.78 is 9.08. The van der Waals surface area contributed by atoms with E-state index < -0.39 is 0 Å². The number of fused-ring (bicyclic) bond motifs is 2. The molecule has 0 aliphatic carbocycles. The van der Waals surface area contributed by atoms with Crippen molar-refractivity contribution in [3.8, 4) is 0 Å². The molecule has 3 heterocycles. The first kappa shape index (κ1) is 11.9. The van der Waals surface area contributed by atoms with Crippen molar-refractivity contribution in [3.05, 3.63) is 5.69 Å². The van der Waals surface area contributed by atoms with E-state index in [9.17, 15) is 0 Å². The first-order valence-electron chi connectivity index (χ1n) is 6.56. The molecule has 5 heteroatoms. The molecule has 1 aromatic heterocycles. The van der Waals surface area contributed by atoms with E-state index in [2.05, 4.69) is 20.6 Å². The van der Waals surface area contributed by atoms with Crippen LogP contribution in [0.3, 0.4) is 0 Å². The molecular weight excluding hydrogens is 250 g/mol. The van der Waals surface area contributed by atoms with Gasteiger partial charge in [0.25, 0.3) is 0 Å². The molecule has 1 aromatic rings. The van der Waals surface area contributed by atoms with Gasteiger partial charge in [-0.1, -0.05) is 6.92 Å². The molecular formula is C12H19N3S2. The van der Waals surface area contributed by atoms with Gasteiger partial charge >= 0.3 is 0 Å². The maximum Gasteiger partial charge on any atom is 0.134 e. The van der Waals surface area contributed by atoms with Gasteiger partial charge in [-0.15, -0.1) is 11.8 Å². The van der Waals surface area contributed by atoms with Gasteiger partial charge in [-0.2, -0.15) is 8.75 Å². The van der Waals surface area contributed by atoms with Gasteiger partial charge in [0.15, 0.2) is 0 Å². The summed E-state index contributed by atoms with van der Waals surface area (Å²) in [7, 11) is 0. The van der Waals surface area contributed by atoms with Crippen LogP contribution in [-0.4, -0.2) is 39.0 Å². The van der Waals surface area contributed by atoms with E-state index >= 15 is 0 Å². The lowest BCUT2D eigenvalue weighted by Crippen LogP contribution is -2.25. The minimum Gasteiger partial charge on any atom is -0.302 e. The SMILES string of the molecule is CCCSc1nsnc1[C@H]1CN2CCC[C@H]1C2. The van der Waals surface area contributed by atoms with Crippen LogP contribution in [0.5, 0.6) is 0 Å². The maximum absolute atomic E-state index is 4.59. The van der Waals surface area contributed by atoms with Gasteiger partial charge < -0.3 is 4.90 Å². The molecule has 94 valence electrons. The lowest BCUT2D eigenvalue weighted by atomic mass is 9.89. The third-order valence-corrected chi connectivity index (χ3v) is 5.69. The van der Waals surface area contributed by atoms with Crippen LogP contribution in [0, 0.1) is 5.92 Å². The molecule has 0 spiro atoms. The van der Waals surface area contributed by atoms with Crippen LogP contribution in [0.2, 0.25) is 0 Å². The average molecular weight is 269 g/mol. The van der Waals surface area contributed by atoms with Gasteiger partial charge in [0.05, 0.1) is 17.4 Å². The number of nitrogens with zero attached hydrogens (tertiary/aromatic N) is 3. The van der Waals surface area contributed by atoms with Crippen molar-refractivity contribution in [2.24, 2.45) is 5.92 Å². The molecule has 0 N–H and O–H groups in total. The second kappa shape index (κ2) is 5.24. The van der Waals surface area contributed by atoms with E-state index in [1.54, 1.807) is 0 Å². The van der Waals surface area contributed by atoms with Crippen molar-refractivity contribution in [3.63, 3.8) is 0 Å². The molecule has 0 radical (unpaired) electrons. The highest BCUT2D eigenvalue weighted by Crippen LogP contribution is 2.41. The van der Waals surface area contributed by atoms with Crippen molar-refractivity contribution in [1.29, 1.82) is 0 Å². The fourth-order valence-electron chi connectivity index (χ4n) is 3.04. The molecule has 2 bridgehead atoms. The van der Waals surface area contributed by atoms with E-state index in [1.165, 1.54) is 67.1 Å². The van der Waals surface area contributed by atoms with Crippen LogP contribution in [0.4, 0.5) is 0 Å². The third-order valence-electron chi connectivity index (χ3n) is 3.84. The molecule has 2 aliphatic rings. The third kappa shape index (κ3) is 2.37. The molecule has 3 atom stereocenters. The van der Waals surface area contributed by atoms with E-state index in [1.807, 2.05) is 11.8 Å². The van der Waals surface area contributed by atoms with Gasteiger partial charge in [0.2, 0.25) is 0 Å². The Labute approximate surface area is 111 Å². The van der Waals surface area contributed by atoms with Crippen molar-refractivity contribution >= 4 is 23.5 Å². The molecule has 0 aromatic carbocycles. The standard InChI is InChI=1S/C12H19N3S2/c1-2-6-16-12-11(13-17-14-12)10-8-15-5-3-4-9(10)7-15/h9-10H,2-8H2,1H3/t9-,10-/m0/s1. The second-order valence-electron chi connectivity index (χ2n) is 5.07. The second-order valence-corrected chi connectivity index (χ2v) is 6.68. The smallest absolute Gasteiger partial charge is 0.134 e. The Morgan fingerprint density at radius 3 is 3.18 bits per heavy atom. The lowest BCUT2D eigenvalue weighted by molar-refractivity contribution is 0.269. The molecule has 17 heavy (non-hydrogen) atoms. The summed E-state index contributed by atoms with van der Waals surface area (Å²) in [4.78, 5) is 2.60. The fraction of sp³-hybridized carbons (Fsp3) is 0.833. The van der Waals surface area contributed by atoms with E-state index in [4.69, 9.17) is 0 Å². The van der Waals surface area contributed by atoms with Crippen LogP contribution in [-0.2, 0) is 0 Å². The lowest BCUT2D eigenvalue weighted by Gasteiger charge is -2.21. The Kier molecular flexibility index (Phi) is 3.68. The monoisotopic (exact) mass is 269 g/mol. The minimum atomic E-state index is 0.663. The summed E-state index contributed by atoms with van der Waals surface area (Å²) in [5.41, 5.74) is 1.31. The van der Waals surface area contributed by atoms with Crippen LogP contribution >= 0.6 is 23.5 Å². The van der Waals surface area contributed by atoms with Crippen molar-refractivity contribution < 1.29 is 0 Å². The Morgan fingerprint density at radius 2 is 2.35 bits per heavy atom. The summed E-state index contributed by atoms with van der Waals surface area (Å²) in [5.74, 6) is 2.67. The molecule has 2 saturated heterocycles. The topological polar surface area (TPSA) is 29.0 Å². The first-order chi connectivity index (χ1) is 8.38. The quantitative estimate of drug-likeness (QED) is 0.786. The van der Waals surface area contributed by atoms with E-state index in [0.717, 1.165) is 5.92 Å². The zero-order chi connectivity index (χ0) is 11.7. The van der Waals surface area contributed by atoms with Gasteiger partial charge in [-0.25, -0.2) is 0 Å². The largest absolute Gasteiger partial charge is 0.302 e. The molecule has 3 nitrogen and oxygen atoms in total. The Bertz CT molecular complexity index is 380. The summed E-state index contributed by atoms with van der Waals surface area (Å²) in [6.07, 6.45) is 3.97. The zero-order valence-corrected chi connectivity index (χ0v) is 11.9. The highest BCUT2D eigenvalue weighted by Gasteiger charge is 2.38. The van der Waals surface area contributed by atoms with Crippen molar-refractivity contribution in [2.45, 2.75) is 37.1 Å². The highest BCUT2D eigenvalue weighted by molar-refractivity contribution is 7.99. The molecule has 3 rings (SSSR count). The van der Waals surface area contributed by atoms with Gasteiger partial charge in [-0.05, 0) is 37.5 Å². The van der Waals surface area contributed by atoms with Crippen molar-refractivity contribution in [2.75, 3.05) is 25.4 Å². The number of piperidine rings is 1. The maximum atomic E-state index is 4.59. The number of thioether (sulfide) groups is 1. The summed E-state index contributed by atoms with van der Waals surface area (Å²) in [6.45, 7) is 6.03. The minimum absolute atomic E-state index is 0.663. The number of rotatable bonds is 4. The van der Waals surface area contributed by atoms with E-state index in [-0.39, 0.29) is 0 Å². The Balaban J connectivity index is 1.77. The van der Waals surface area contributed by atoms with Gasteiger partial charge in [-0.3, -0.25) is 0 Å². The Hall–Kier alpha value is -0.130. The van der Waals surface area contributed by atoms with Gasteiger partial charge in [0.1, 0.15) is 5.03 Å². The van der Waals surface area contributed by atoms with Crippen molar-refractivity contribution in [1.82, 2.24) is 13.6 Å². The van der Waals surface area contributed by atoms with Crippen LogP contribution < -0.4 is 0 Å². The number of hydrogen-bond donors (Lipinski definition) is 0. The molecule has 2 fully saturated rings. The summed E-state index contributed by atoms with van der Waals surface area (Å²) >= 11 is 3.29. The van der Waals surface area contributed by atoms with Crippen LogP contribution in [0.15, 0.2) is 5.03 Å². The van der Waals surface area contributed by atoms with E-state index in [0.29, 0.717) is 5.92 Å². The summed E-state index contributed by atoms with van der Waals surface area (Å²) in [5, 5.41) is 1.22. The molecule has 1 unspecified atom stereocenters. The summed E-state index contributed by atoms with van der Waals surface area (Å²) in [6, 6.07) is 0. The molecule has 0 saturated carbocycles. The Morgan fingerprint density at radius 1 is 1.41 bits per heavy atom. The zero-order valence-electron chi connectivity index (χ0n) is 10.3. The van der Waals surface area contributed by atoms with Crippen LogP contribution in [0.1, 0.15) is 37.8 Å². The first-order valence-corrected chi connectivity index (χ1v) is 8.27. The van der Waals surface area contributed by atoms with Crippen LogP contribution in [0.25, 0.3) is 0 Å². The fourth-order valence-corrected chi connectivity index (χ4v) is 4.66. The predicted molar refractivity (Wildman–Crippen MR) is 72.8 cm³/mol. The molecule has 2 aliphatic heterocycles. The normalized spacial score (nSPS) is 31.9. The van der Waals surface area contributed by atoms with Gasteiger partial charge in [0, 0.05) is 19.0 Å². The number of hydrogen-bond acceptors (Lipinski definition) is 5. The molecule has 0 amide bonds.